The predicted molar refractivity (Wildman–Crippen MR) is 89.2 cm³/mol. The summed E-state index contributed by atoms with van der Waals surface area (Å²) < 4.78 is 32.9. The maximum atomic E-state index is 14.2. The lowest BCUT2D eigenvalue weighted by atomic mass is 9.87. The van der Waals surface area contributed by atoms with E-state index in [0.717, 1.165) is 6.07 Å². The lowest BCUT2D eigenvalue weighted by molar-refractivity contribution is -0.132. The van der Waals surface area contributed by atoms with Gasteiger partial charge in [-0.15, -0.1) is 0 Å². The molecule has 0 atom stereocenters. The van der Waals surface area contributed by atoms with Crippen LogP contribution in [-0.2, 0) is 4.74 Å². The highest BCUT2D eigenvalue weighted by Gasteiger charge is 2.38. The molecule has 2 aromatic carbocycles. The third kappa shape index (κ3) is 3.78. The molecule has 1 heterocycles. The molecule has 1 saturated heterocycles. The summed E-state index contributed by atoms with van der Waals surface area (Å²) in [5, 5.41) is 14.4. The zero-order valence-corrected chi connectivity index (χ0v) is 13.4. The number of hydrogen-bond donors (Lipinski definition) is 3. The van der Waals surface area contributed by atoms with E-state index < -0.39 is 23.1 Å². The van der Waals surface area contributed by atoms with E-state index in [0.29, 0.717) is 18.8 Å². The standard InChI is InChI=1S/C18H18F2N2O3/c19-13-6-14(12-4-2-1-3-5-12)16(15(20)7-13)22-17(24)21-8-18(9-23)10-25-11-18/h1-7,23H,8-11H2,(H2,21,22,24). The number of aliphatic hydroxyl groups excluding tert-OH is 1. The van der Waals surface area contributed by atoms with Gasteiger partial charge in [0.05, 0.1) is 30.9 Å². The number of hydrogen-bond acceptors (Lipinski definition) is 3. The minimum atomic E-state index is -0.863. The minimum absolute atomic E-state index is 0.104. The van der Waals surface area contributed by atoms with Crippen LogP contribution < -0.4 is 10.6 Å². The van der Waals surface area contributed by atoms with Gasteiger partial charge in [0.2, 0.25) is 0 Å². The van der Waals surface area contributed by atoms with Crippen molar-refractivity contribution in [1.82, 2.24) is 5.32 Å². The van der Waals surface area contributed by atoms with Gasteiger partial charge >= 0.3 is 6.03 Å². The average Bonchev–Trinajstić information content (AvgIpc) is 2.57. The zero-order chi connectivity index (χ0) is 17.9. The molecule has 132 valence electrons. The smallest absolute Gasteiger partial charge is 0.319 e. The summed E-state index contributed by atoms with van der Waals surface area (Å²) in [4.78, 5) is 12.1. The van der Waals surface area contributed by atoms with E-state index in [2.05, 4.69) is 10.6 Å². The molecule has 1 aliphatic rings. The Bertz CT molecular complexity index is 759. The fraction of sp³-hybridized carbons (Fsp3) is 0.278. The molecular formula is C18H18F2N2O3. The van der Waals surface area contributed by atoms with Crippen LogP contribution in [0.2, 0.25) is 0 Å². The highest BCUT2D eigenvalue weighted by Crippen LogP contribution is 2.31. The van der Waals surface area contributed by atoms with Crippen molar-refractivity contribution >= 4 is 11.7 Å². The number of amides is 2. The van der Waals surface area contributed by atoms with Crippen LogP contribution in [0.5, 0.6) is 0 Å². The molecule has 0 radical (unpaired) electrons. The zero-order valence-electron chi connectivity index (χ0n) is 13.4. The number of halogens is 2. The number of benzene rings is 2. The van der Waals surface area contributed by atoms with Crippen molar-refractivity contribution in [2.24, 2.45) is 5.41 Å². The second-order valence-corrected chi connectivity index (χ2v) is 6.13. The van der Waals surface area contributed by atoms with Gasteiger partial charge in [-0.25, -0.2) is 13.6 Å². The van der Waals surface area contributed by atoms with E-state index in [1.165, 1.54) is 6.07 Å². The van der Waals surface area contributed by atoms with E-state index >= 15 is 0 Å². The number of aliphatic hydroxyl groups is 1. The van der Waals surface area contributed by atoms with E-state index in [1.54, 1.807) is 30.3 Å². The summed E-state index contributed by atoms with van der Waals surface area (Å²) >= 11 is 0. The Morgan fingerprint density at radius 3 is 2.52 bits per heavy atom. The quantitative estimate of drug-likeness (QED) is 0.778. The predicted octanol–water partition coefficient (Wildman–Crippen LogP) is 2.76. The van der Waals surface area contributed by atoms with Gasteiger partial charge in [-0.3, -0.25) is 0 Å². The molecule has 0 bridgehead atoms. The Morgan fingerprint density at radius 1 is 1.20 bits per heavy atom. The van der Waals surface area contributed by atoms with Crippen LogP contribution >= 0.6 is 0 Å². The molecule has 2 amide bonds. The van der Waals surface area contributed by atoms with Crippen molar-refractivity contribution < 1.29 is 23.4 Å². The number of rotatable bonds is 5. The lowest BCUT2D eigenvalue weighted by Gasteiger charge is -2.39. The summed E-state index contributed by atoms with van der Waals surface area (Å²) in [5.74, 6) is -1.59. The minimum Gasteiger partial charge on any atom is -0.396 e. The molecule has 0 aliphatic carbocycles. The molecular weight excluding hydrogens is 330 g/mol. The summed E-state index contributed by atoms with van der Waals surface area (Å²) in [6, 6.07) is 9.91. The number of nitrogens with one attached hydrogen (secondary N) is 2. The molecule has 7 heteroatoms. The van der Waals surface area contributed by atoms with Gasteiger partial charge in [-0.2, -0.15) is 0 Å². The number of carbonyl (C=O) groups is 1. The van der Waals surface area contributed by atoms with Gasteiger partial charge in [-0.1, -0.05) is 30.3 Å². The Hall–Kier alpha value is -2.51. The molecule has 3 N–H and O–H groups in total. The van der Waals surface area contributed by atoms with E-state index in [4.69, 9.17) is 4.74 Å². The third-order valence-electron chi connectivity index (χ3n) is 4.15. The first-order valence-electron chi connectivity index (χ1n) is 7.81. The summed E-state index contributed by atoms with van der Waals surface area (Å²) in [7, 11) is 0. The first kappa shape index (κ1) is 17.3. The SMILES string of the molecule is O=C(NCC1(CO)COC1)Nc1c(F)cc(F)cc1-c1ccccc1. The number of carbonyl (C=O) groups excluding carboxylic acids is 1. The van der Waals surface area contributed by atoms with Gasteiger partial charge in [0.1, 0.15) is 11.6 Å². The van der Waals surface area contributed by atoms with Crippen LogP contribution in [0.4, 0.5) is 19.3 Å². The Labute approximate surface area is 143 Å². The van der Waals surface area contributed by atoms with Crippen molar-refractivity contribution in [3.8, 4) is 11.1 Å². The number of anilines is 1. The number of ether oxygens (including phenoxy) is 1. The normalized spacial score (nSPS) is 15.3. The van der Waals surface area contributed by atoms with Gasteiger partial charge in [0, 0.05) is 18.2 Å². The molecule has 0 spiro atoms. The van der Waals surface area contributed by atoms with Crippen molar-refractivity contribution in [3.63, 3.8) is 0 Å². The molecule has 25 heavy (non-hydrogen) atoms. The summed E-state index contributed by atoms with van der Waals surface area (Å²) in [5.41, 5.74) is 0.224. The molecule has 0 aromatic heterocycles. The first-order chi connectivity index (χ1) is 12.0. The second kappa shape index (κ2) is 7.16. The van der Waals surface area contributed by atoms with Crippen molar-refractivity contribution in [2.45, 2.75) is 0 Å². The second-order valence-electron chi connectivity index (χ2n) is 6.13. The van der Waals surface area contributed by atoms with Gasteiger partial charge in [-0.05, 0) is 11.6 Å². The lowest BCUT2D eigenvalue weighted by Crippen LogP contribution is -2.53. The Kier molecular flexibility index (Phi) is 4.96. The molecule has 2 aromatic rings. The maximum absolute atomic E-state index is 14.2. The fourth-order valence-electron chi connectivity index (χ4n) is 2.61. The van der Waals surface area contributed by atoms with Crippen LogP contribution in [0.25, 0.3) is 11.1 Å². The van der Waals surface area contributed by atoms with Crippen LogP contribution in [-0.4, -0.2) is 37.5 Å². The summed E-state index contributed by atoms with van der Waals surface area (Å²) in [6.07, 6.45) is 0. The molecule has 0 unspecified atom stereocenters. The van der Waals surface area contributed by atoms with Gasteiger partial charge < -0.3 is 20.5 Å². The Balaban J connectivity index is 1.78. The monoisotopic (exact) mass is 348 g/mol. The Morgan fingerprint density at radius 2 is 1.92 bits per heavy atom. The first-order valence-corrected chi connectivity index (χ1v) is 7.81. The summed E-state index contributed by atoms with van der Waals surface area (Å²) in [6.45, 7) is 0.778. The van der Waals surface area contributed by atoms with Gasteiger partial charge in [0.25, 0.3) is 0 Å². The topological polar surface area (TPSA) is 70.6 Å². The van der Waals surface area contributed by atoms with E-state index in [1.807, 2.05) is 0 Å². The van der Waals surface area contributed by atoms with Crippen molar-refractivity contribution in [3.05, 3.63) is 54.1 Å². The fourth-order valence-corrected chi connectivity index (χ4v) is 2.61. The molecule has 3 rings (SSSR count). The van der Waals surface area contributed by atoms with Crippen LogP contribution in [0, 0.1) is 17.0 Å². The van der Waals surface area contributed by atoms with Crippen molar-refractivity contribution in [1.29, 1.82) is 0 Å². The van der Waals surface area contributed by atoms with Gasteiger partial charge in [0.15, 0.2) is 0 Å². The van der Waals surface area contributed by atoms with Crippen LogP contribution in [0.3, 0.4) is 0 Å². The highest BCUT2D eigenvalue weighted by atomic mass is 19.1. The van der Waals surface area contributed by atoms with Crippen LogP contribution in [0.1, 0.15) is 0 Å². The highest BCUT2D eigenvalue weighted by molar-refractivity contribution is 5.94. The van der Waals surface area contributed by atoms with Crippen molar-refractivity contribution in [2.75, 3.05) is 31.7 Å². The molecule has 0 saturated carbocycles. The van der Waals surface area contributed by atoms with E-state index in [9.17, 15) is 18.7 Å². The number of urea groups is 1. The third-order valence-corrected chi connectivity index (χ3v) is 4.15. The maximum Gasteiger partial charge on any atom is 0.319 e. The largest absolute Gasteiger partial charge is 0.396 e. The van der Waals surface area contributed by atoms with Crippen LogP contribution in [0.15, 0.2) is 42.5 Å². The molecule has 5 nitrogen and oxygen atoms in total. The molecule has 1 aliphatic heterocycles. The average molecular weight is 348 g/mol. The van der Waals surface area contributed by atoms with E-state index in [-0.39, 0.29) is 24.4 Å². The molecule has 1 fully saturated rings.